The fraction of sp³-hybridized carbons (Fsp3) is 0.889. The monoisotopic (exact) mass is 171 g/mol. The van der Waals surface area contributed by atoms with Crippen LogP contribution in [0.5, 0.6) is 0 Å². The van der Waals surface area contributed by atoms with Crippen LogP contribution in [-0.2, 0) is 9.53 Å². The van der Waals surface area contributed by atoms with Gasteiger partial charge in [-0.2, -0.15) is 0 Å². The summed E-state index contributed by atoms with van der Waals surface area (Å²) in [5, 5.41) is 0. The first kappa shape index (κ1) is 9.52. The molecular formula is C9H17NO2. The summed E-state index contributed by atoms with van der Waals surface area (Å²) in [6.07, 6.45) is 4.37. The molecule has 0 radical (unpaired) electrons. The van der Waals surface area contributed by atoms with Crippen LogP contribution in [0.3, 0.4) is 0 Å². The van der Waals surface area contributed by atoms with Gasteiger partial charge in [0.2, 0.25) is 6.41 Å². The lowest BCUT2D eigenvalue weighted by Gasteiger charge is -2.28. The highest BCUT2D eigenvalue weighted by Crippen LogP contribution is 2.19. The predicted octanol–water partition coefficient (Wildman–Crippen LogP) is 0.891. The highest BCUT2D eigenvalue weighted by molar-refractivity contribution is 5.47. The molecule has 0 aliphatic carbocycles. The van der Waals surface area contributed by atoms with Crippen molar-refractivity contribution in [2.45, 2.75) is 19.3 Å². The zero-order valence-electron chi connectivity index (χ0n) is 7.66. The second kappa shape index (κ2) is 5.14. The van der Waals surface area contributed by atoms with Gasteiger partial charge in [-0.25, -0.2) is 0 Å². The third kappa shape index (κ3) is 2.81. The highest BCUT2D eigenvalue weighted by Gasteiger charge is 2.16. The zero-order valence-corrected chi connectivity index (χ0v) is 7.66. The number of ether oxygens (including phenoxy) is 1. The summed E-state index contributed by atoms with van der Waals surface area (Å²) >= 11 is 0. The summed E-state index contributed by atoms with van der Waals surface area (Å²) in [6.45, 7) is 2.71. The molecule has 70 valence electrons. The van der Waals surface area contributed by atoms with Crippen LogP contribution in [0.15, 0.2) is 0 Å². The number of likely N-dealkylation sites (tertiary alicyclic amines) is 1. The van der Waals surface area contributed by atoms with Crippen LogP contribution < -0.4 is 0 Å². The van der Waals surface area contributed by atoms with Crippen molar-refractivity contribution >= 4 is 6.41 Å². The highest BCUT2D eigenvalue weighted by atomic mass is 16.5. The largest absolute Gasteiger partial charge is 0.385 e. The number of amides is 1. The molecule has 0 unspecified atom stereocenters. The standard InChI is InChI=1S/C9H17NO2/c1-12-7-4-9-2-5-10(8-11)6-3-9/h8-9H,2-7H2,1H3. The molecule has 0 spiro atoms. The lowest BCUT2D eigenvalue weighted by atomic mass is 9.94. The summed E-state index contributed by atoms with van der Waals surface area (Å²) in [5.41, 5.74) is 0. The van der Waals surface area contributed by atoms with Crippen LogP contribution in [0.1, 0.15) is 19.3 Å². The molecule has 1 fully saturated rings. The molecule has 0 aromatic carbocycles. The van der Waals surface area contributed by atoms with Gasteiger partial charge in [-0.1, -0.05) is 0 Å². The van der Waals surface area contributed by atoms with Crippen LogP contribution >= 0.6 is 0 Å². The van der Waals surface area contributed by atoms with Crippen LogP contribution in [-0.4, -0.2) is 38.1 Å². The van der Waals surface area contributed by atoms with Gasteiger partial charge in [-0.3, -0.25) is 4.79 Å². The topological polar surface area (TPSA) is 29.5 Å². The second-order valence-corrected chi connectivity index (χ2v) is 3.37. The third-order valence-electron chi connectivity index (χ3n) is 2.53. The number of carbonyl (C=O) groups excluding carboxylic acids is 1. The van der Waals surface area contributed by atoms with Crippen molar-refractivity contribution in [3.63, 3.8) is 0 Å². The van der Waals surface area contributed by atoms with E-state index in [9.17, 15) is 4.79 Å². The minimum absolute atomic E-state index is 0.765. The van der Waals surface area contributed by atoms with Crippen molar-refractivity contribution in [3.05, 3.63) is 0 Å². The molecule has 1 saturated heterocycles. The molecule has 12 heavy (non-hydrogen) atoms. The second-order valence-electron chi connectivity index (χ2n) is 3.37. The fourth-order valence-electron chi connectivity index (χ4n) is 1.63. The van der Waals surface area contributed by atoms with Crippen LogP contribution in [0.25, 0.3) is 0 Å². The van der Waals surface area contributed by atoms with Crippen molar-refractivity contribution < 1.29 is 9.53 Å². The Kier molecular flexibility index (Phi) is 4.08. The average Bonchev–Trinajstić information content (AvgIpc) is 2.15. The molecular weight excluding hydrogens is 154 g/mol. The van der Waals surface area contributed by atoms with Crippen molar-refractivity contribution in [3.8, 4) is 0 Å². The van der Waals surface area contributed by atoms with Gasteiger partial charge in [0, 0.05) is 26.8 Å². The summed E-state index contributed by atoms with van der Waals surface area (Å²) in [4.78, 5) is 12.2. The first-order valence-corrected chi connectivity index (χ1v) is 4.55. The van der Waals surface area contributed by atoms with E-state index in [4.69, 9.17) is 4.74 Å². The van der Waals surface area contributed by atoms with Gasteiger partial charge in [0.15, 0.2) is 0 Å². The number of piperidine rings is 1. The van der Waals surface area contributed by atoms with Crippen LogP contribution in [0.4, 0.5) is 0 Å². The maximum absolute atomic E-state index is 10.4. The van der Waals surface area contributed by atoms with Crippen LogP contribution in [0.2, 0.25) is 0 Å². The Balaban J connectivity index is 2.12. The Labute approximate surface area is 73.7 Å². The molecule has 0 aromatic heterocycles. The molecule has 0 bridgehead atoms. The Morgan fingerprint density at radius 2 is 2.17 bits per heavy atom. The number of hydrogen-bond donors (Lipinski definition) is 0. The van der Waals surface area contributed by atoms with E-state index < -0.39 is 0 Å². The van der Waals surface area contributed by atoms with E-state index in [0.717, 1.165) is 51.3 Å². The van der Waals surface area contributed by atoms with Gasteiger partial charge in [0.1, 0.15) is 0 Å². The third-order valence-corrected chi connectivity index (χ3v) is 2.53. The summed E-state index contributed by atoms with van der Waals surface area (Å²) in [5.74, 6) is 0.765. The first-order valence-electron chi connectivity index (χ1n) is 4.55. The summed E-state index contributed by atoms with van der Waals surface area (Å²) in [7, 11) is 1.74. The Morgan fingerprint density at radius 3 is 2.67 bits per heavy atom. The van der Waals surface area contributed by atoms with Gasteiger partial charge in [0.05, 0.1) is 0 Å². The quantitative estimate of drug-likeness (QED) is 0.588. The molecule has 1 heterocycles. The minimum atomic E-state index is 0.765. The molecule has 0 aromatic rings. The molecule has 1 aliphatic rings. The van der Waals surface area contributed by atoms with Gasteiger partial charge in [0.25, 0.3) is 0 Å². The van der Waals surface area contributed by atoms with E-state index in [1.54, 1.807) is 7.11 Å². The predicted molar refractivity (Wildman–Crippen MR) is 46.9 cm³/mol. The smallest absolute Gasteiger partial charge is 0.209 e. The van der Waals surface area contributed by atoms with Crippen molar-refractivity contribution in [1.29, 1.82) is 0 Å². The lowest BCUT2D eigenvalue weighted by Crippen LogP contribution is -2.32. The Bertz CT molecular complexity index is 130. The van der Waals surface area contributed by atoms with Crippen molar-refractivity contribution in [1.82, 2.24) is 4.90 Å². The average molecular weight is 171 g/mol. The van der Waals surface area contributed by atoms with Gasteiger partial charge < -0.3 is 9.64 Å². The van der Waals surface area contributed by atoms with E-state index in [0.29, 0.717) is 0 Å². The minimum Gasteiger partial charge on any atom is -0.385 e. The fourth-order valence-corrected chi connectivity index (χ4v) is 1.63. The molecule has 1 aliphatic heterocycles. The molecule has 1 amide bonds. The number of rotatable bonds is 4. The number of methoxy groups -OCH3 is 1. The van der Waals surface area contributed by atoms with Crippen LogP contribution in [0, 0.1) is 5.92 Å². The maximum Gasteiger partial charge on any atom is 0.209 e. The Morgan fingerprint density at radius 1 is 1.50 bits per heavy atom. The van der Waals surface area contributed by atoms with Crippen molar-refractivity contribution in [2.24, 2.45) is 5.92 Å². The zero-order chi connectivity index (χ0) is 8.81. The van der Waals surface area contributed by atoms with E-state index in [2.05, 4.69) is 0 Å². The first-order chi connectivity index (χ1) is 5.86. The van der Waals surface area contributed by atoms with E-state index in [-0.39, 0.29) is 0 Å². The maximum atomic E-state index is 10.4. The normalized spacial score (nSPS) is 19.6. The Hall–Kier alpha value is -0.570. The summed E-state index contributed by atoms with van der Waals surface area (Å²) < 4.78 is 5.01. The molecule has 0 saturated carbocycles. The molecule has 1 rings (SSSR count). The number of nitrogens with zero attached hydrogens (tertiary/aromatic N) is 1. The van der Waals surface area contributed by atoms with E-state index in [1.807, 2.05) is 4.90 Å². The SMILES string of the molecule is COCCC1CCN(C=O)CC1. The van der Waals surface area contributed by atoms with E-state index >= 15 is 0 Å². The lowest BCUT2D eigenvalue weighted by molar-refractivity contribution is -0.119. The number of carbonyl (C=O) groups is 1. The molecule has 0 N–H and O–H groups in total. The van der Waals surface area contributed by atoms with Crippen molar-refractivity contribution in [2.75, 3.05) is 26.8 Å². The van der Waals surface area contributed by atoms with Gasteiger partial charge >= 0.3 is 0 Å². The van der Waals surface area contributed by atoms with Gasteiger partial charge in [-0.05, 0) is 25.2 Å². The molecule has 3 heteroatoms. The number of hydrogen-bond acceptors (Lipinski definition) is 2. The molecule has 3 nitrogen and oxygen atoms in total. The molecule has 0 atom stereocenters. The van der Waals surface area contributed by atoms with Gasteiger partial charge in [-0.15, -0.1) is 0 Å². The summed E-state index contributed by atoms with van der Waals surface area (Å²) in [6, 6.07) is 0. The van der Waals surface area contributed by atoms with E-state index in [1.165, 1.54) is 0 Å².